The fraction of sp³-hybridized carbons (Fsp3) is 0.400. The molecule has 0 spiro atoms. The van der Waals surface area contributed by atoms with Crippen LogP contribution < -0.4 is 10.1 Å². The van der Waals surface area contributed by atoms with Crippen molar-refractivity contribution in [3.05, 3.63) is 48.0 Å². The van der Waals surface area contributed by atoms with Gasteiger partial charge in [0.1, 0.15) is 18.2 Å². The number of aryl methyl sites for hydroxylation is 2. The molecule has 0 amide bonds. The SMILES string of the molecule is Cc1cccc(OCCNC(C)c2nccn2C)c1. The van der Waals surface area contributed by atoms with Crippen molar-refractivity contribution in [2.75, 3.05) is 13.2 Å². The number of nitrogens with one attached hydrogen (secondary N) is 1. The van der Waals surface area contributed by atoms with Gasteiger partial charge in [-0.2, -0.15) is 0 Å². The van der Waals surface area contributed by atoms with Gasteiger partial charge in [0.15, 0.2) is 0 Å². The molecule has 1 N–H and O–H groups in total. The standard InChI is InChI=1S/C15H21N3O/c1-12-5-4-6-14(11-12)19-10-8-16-13(2)15-17-7-9-18(15)3/h4-7,9,11,13,16H,8,10H2,1-3H3. The molecule has 0 saturated heterocycles. The van der Waals surface area contributed by atoms with Crippen LogP contribution in [0.25, 0.3) is 0 Å². The average molecular weight is 259 g/mol. The summed E-state index contributed by atoms with van der Waals surface area (Å²) in [4.78, 5) is 4.32. The first-order valence-electron chi connectivity index (χ1n) is 6.57. The van der Waals surface area contributed by atoms with Crippen LogP contribution in [-0.2, 0) is 7.05 Å². The van der Waals surface area contributed by atoms with Gasteiger partial charge in [-0.05, 0) is 31.5 Å². The second-order valence-electron chi connectivity index (χ2n) is 4.74. The van der Waals surface area contributed by atoms with Crippen LogP contribution in [0.15, 0.2) is 36.7 Å². The maximum Gasteiger partial charge on any atom is 0.125 e. The first kappa shape index (κ1) is 13.6. The third-order valence-electron chi connectivity index (χ3n) is 3.06. The molecule has 0 fully saturated rings. The van der Waals surface area contributed by atoms with Crippen LogP contribution in [0.2, 0.25) is 0 Å². The van der Waals surface area contributed by atoms with E-state index in [2.05, 4.69) is 30.2 Å². The highest BCUT2D eigenvalue weighted by Crippen LogP contribution is 2.12. The molecule has 4 heteroatoms. The van der Waals surface area contributed by atoms with Crippen molar-refractivity contribution < 1.29 is 4.74 Å². The number of hydrogen-bond acceptors (Lipinski definition) is 3. The molecule has 0 radical (unpaired) electrons. The number of ether oxygens (including phenoxy) is 1. The van der Waals surface area contributed by atoms with Crippen molar-refractivity contribution in [3.63, 3.8) is 0 Å². The Morgan fingerprint density at radius 2 is 2.26 bits per heavy atom. The molecular formula is C15H21N3O. The van der Waals surface area contributed by atoms with Gasteiger partial charge in [0.25, 0.3) is 0 Å². The molecule has 1 aromatic carbocycles. The summed E-state index contributed by atoms with van der Waals surface area (Å²) in [5, 5.41) is 3.40. The van der Waals surface area contributed by atoms with Gasteiger partial charge < -0.3 is 14.6 Å². The van der Waals surface area contributed by atoms with Crippen LogP contribution in [0.1, 0.15) is 24.4 Å². The fourth-order valence-electron chi connectivity index (χ4n) is 2.04. The quantitative estimate of drug-likeness (QED) is 0.810. The van der Waals surface area contributed by atoms with Crippen LogP contribution in [0.3, 0.4) is 0 Å². The monoisotopic (exact) mass is 259 g/mol. The molecule has 1 unspecified atom stereocenters. The number of imidazole rings is 1. The predicted molar refractivity (Wildman–Crippen MR) is 76.3 cm³/mol. The highest BCUT2D eigenvalue weighted by atomic mass is 16.5. The van der Waals surface area contributed by atoms with Crippen LogP contribution in [-0.4, -0.2) is 22.7 Å². The Balaban J connectivity index is 1.74. The lowest BCUT2D eigenvalue weighted by atomic mass is 10.2. The Bertz CT molecular complexity index is 522. The van der Waals surface area contributed by atoms with Gasteiger partial charge >= 0.3 is 0 Å². The number of nitrogens with zero attached hydrogens (tertiary/aromatic N) is 2. The van der Waals surface area contributed by atoms with Crippen molar-refractivity contribution in [1.82, 2.24) is 14.9 Å². The zero-order chi connectivity index (χ0) is 13.7. The van der Waals surface area contributed by atoms with Crippen LogP contribution >= 0.6 is 0 Å². The van der Waals surface area contributed by atoms with Crippen LogP contribution in [0, 0.1) is 6.92 Å². The van der Waals surface area contributed by atoms with E-state index in [9.17, 15) is 0 Å². The van der Waals surface area contributed by atoms with Gasteiger partial charge in [0, 0.05) is 26.0 Å². The van der Waals surface area contributed by atoms with E-state index in [1.807, 2.05) is 42.2 Å². The Morgan fingerprint density at radius 1 is 1.42 bits per heavy atom. The molecule has 0 aliphatic heterocycles. The van der Waals surface area contributed by atoms with E-state index in [0.29, 0.717) is 6.61 Å². The van der Waals surface area contributed by atoms with Crippen LogP contribution in [0.5, 0.6) is 5.75 Å². The normalized spacial score (nSPS) is 12.4. The zero-order valence-corrected chi connectivity index (χ0v) is 11.8. The molecule has 1 heterocycles. The molecule has 1 atom stereocenters. The highest BCUT2D eigenvalue weighted by molar-refractivity contribution is 5.27. The minimum atomic E-state index is 0.223. The van der Waals surface area contributed by atoms with Gasteiger partial charge in [0.05, 0.1) is 6.04 Å². The summed E-state index contributed by atoms with van der Waals surface area (Å²) in [7, 11) is 2.00. The Hall–Kier alpha value is -1.81. The fourth-order valence-corrected chi connectivity index (χ4v) is 2.04. The molecule has 19 heavy (non-hydrogen) atoms. The Morgan fingerprint density at radius 3 is 2.95 bits per heavy atom. The maximum atomic E-state index is 5.70. The van der Waals surface area contributed by atoms with Gasteiger partial charge in [-0.3, -0.25) is 0 Å². The van der Waals surface area contributed by atoms with Crippen molar-refractivity contribution in [1.29, 1.82) is 0 Å². The van der Waals surface area contributed by atoms with E-state index in [1.54, 1.807) is 0 Å². The lowest BCUT2D eigenvalue weighted by Crippen LogP contribution is -2.26. The Labute approximate surface area is 114 Å². The van der Waals surface area contributed by atoms with E-state index in [4.69, 9.17) is 4.74 Å². The second-order valence-corrected chi connectivity index (χ2v) is 4.74. The minimum absolute atomic E-state index is 0.223. The number of benzene rings is 1. The molecule has 4 nitrogen and oxygen atoms in total. The highest BCUT2D eigenvalue weighted by Gasteiger charge is 2.08. The lowest BCUT2D eigenvalue weighted by Gasteiger charge is -2.14. The van der Waals surface area contributed by atoms with E-state index >= 15 is 0 Å². The number of hydrogen-bond donors (Lipinski definition) is 1. The molecule has 2 aromatic rings. The smallest absolute Gasteiger partial charge is 0.125 e. The summed E-state index contributed by atoms with van der Waals surface area (Å²) in [6.45, 7) is 5.61. The van der Waals surface area contributed by atoms with E-state index < -0.39 is 0 Å². The average Bonchev–Trinajstić information content (AvgIpc) is 2.81. The van der Waals surface area contributed by atoms with Gasteiger partial charge in [-0.25, -0.2) is 4.98 Å². The Kier molecular flexibility index (Phi) is 4.58. The van der Waals surface area contributed by atoms with Crippen molar-refractivity contribution in [2.24, 2.45) is 7.05 Å². The molecule has 0 bridgehead atoms. The van der Waals surface area contributed by atoms with Gasteiger partial charge in [-0.15, -0.1) is 0 Å². The summed E-state index contributed by atoms with van der Waals surface area (Å²) < 4.78 is 7.72. The van der Waals surface area contributed by atoms with Crippen molar-refractivity contribution in [3.8, 4) is 5.75 Å². The van der Waals surface area contributed by atoms with Crippen molar-refractivity contribution in [2.45, 2.75) is 19.9 Å². The molecule has 0 aliphatic carbocycles. The predicted octanol–water partition coefficient (Wildman–Crippen LogP) is 2.46. The number of rotatable bonds is 6. The first-order valence-corrected chi connectivity index (χ1v) is 6.57. The molecule has 0 saturated carbocycles. The topological polar surface area (TPSA) is 39.1 Å². The second kappa shape index (κ2) is 6.38. The summed E-state index contributed by atoms with van der Waals surface area (Å²) >= 11 is 0. The molecule has 1 aromatic heterocycles. The first-order chi connectivity index (χ1) is 9.16. The minimum Gasteiger partial charge on any atom is -0.492 e. The van der Waals surface area contributed by atoms with E-state index in [0.717, 1.165) is 18.1 Å². The van der Waals surface area contributed by atoms with Crippen LogP contribution in [0.4, 0.5) is 0 Å². The zero-order valence-electron chi connectivity index (χ0n) is 11.8. The largest absolute Gasteiger partial charge is 0.492 e. The summed E-state index contributed by atoms with van der Waals surface area (Å²) in [6, 6.07) is 8.32. The lowest BCUT2D eigenvalue weighted by molar-refractivity contribution is 0.305. The summed E-state index contributed by atoms with van der Waals surface area (Å²) in [6.07, 6.45) is 3.77. The van der Waals surface area contributed by atoms with Gasteiger partial charge in [-0.1, -0.05) is 12.1 Å². The third kappa shape index (κ3) is 3.83. The van der Waals surface area contributed by atoms with E-state index in [-0.39, 0.29) is 6.04 Å². The third-order valence-corrected chi connectivity index (χ3v) is 3.06. The molecule has 0 aliphatic rings. The summed E-state index contributed by atoms with van der Waals surface area (Å²) in [5.74, 6) is 1.96. The van der Waals surface area contributed by atoms with Gasteiger partial charge in [0.2, 0.25) is 0 Å². The molecular weight excluding hydrogens is 238 g/mol. The maximum absolute atomic E-state index is 5.70. The molecule has 2 rings (SSSR count). The van der Waals surface area contributed by atoms with E-state index in [1.165, 1.54) is 5.56 Å². The van der Waals surface area contributed by atoms with Crippen molar-refractivity contribution >= 4 is 0 Å². The number of aromatic nitrogens is 2. The summed E-state index contributed by atoms with van der Waals surface area (Å²) in [5.41, 5.74) is 1.21. The molecule has 102 valence electrons.